The van der Waals surface area contributed by atoms with Crippen LogP contribution in [-0.4, -0.2) is 10.5 Å². The number of fused-ring (bicyclic) bond motifs is 1. The van der Waals surface area contributed by atoms with Gasteiger partial charge in [0.1, 0.15) is 6.61 Å². The van der Waals surface area contributed by atoms with Gasteiger partial charge in [0.25, 0.3) is 5.56 Å². The van der Waals surface area contributed by atoms with E-state index in [1.54, 1.807) is 10.8 Å². The number of esters is 1. The number of carbonyl (C=O) groups excluding carboxylic acids is 1. The lowest BCUT2D eigenvalue weighted by atomic mass is 9.91. The summed E-state index contributed by atoms with van der Waals surface area (Å²) in [5.41, 5.74) is 2.43. The lowest BCUT2D eigenvalue weighted by Crippen LogP contribution is -2.32. The molecule has 1 aromatic carbocycles. The lowest BCUT2D eigenvalue weighted by Gasteiger charge is -2.23. The number of pyridine rings is 1. The number of carbonyl (C=O) groups is 1. The first-order valence-electron chi connectivity index (χ1n) is 7.13. The van der Waals surface area contributed by atoms with E-state index >= 15 is 0 Å². The number of aromatic nitrogens is 1. The third-order valence-corrected chi connectivity index (χ3v) is 3.92. The molecule has 0 fully saturated rings. The van der Waals surface area contributed by atoms with Crippen molar-refractivity contribution in [3.8, 4) is 0 Å². The zero-order chi connectivity index (χ0) is 14.8. The SMILES string of the molecule is CCC1C(=O)OCc2c1ccn(Cc1ccccc1)c2=O. The maximum atomic E-state index is 12.6. The predicted molar refractivity (Wildman–Crippen MR) is 79.1 cm³/mol. The minimum atomic E-state index is -0.312. The molecule has 108 valence electrons. The van der Waals surface area contributed by atoms with Gasteiger partial charge in [0, 0.05) is 6.20 Å². The molecule has 3 rings (SSSR count). The normalized spacial score (nSPS) is 17.2. The van der Waals surface area contributed by atoms with E-state index in [2.05, 4.69) is 0 Å². The molecule has 21 heavy (non-hydrogen) atoms. The summed E-state index contributed by atoms with van der Waals surface area (Å²) in [4.78, 5) is 24.3. The van der Waals surface area contributed by atoms with Crippen molar-refractivity contribution >= 4 is 5.97 Å². The summed E-state index contributed by atoms with van der Waals surface area (Å²) in [6, 6.07) is 11.7. The molecular formula is C17H17NO3. The average Bonchev–Trinajstić information content (AvgIpc) is 2.51. The van der Waals surface area contributed by atoms with Crippen molar-refractivity contribution in [2.75, 3.05) is 0 Å². The fraction of sp³-hybridized carbons (Fsp3) is 0.294. The Hall–Kier alpha value is -2.36. The van der Waals surface area contributed by atoms with E-state index in [0.29, 0.717) is 18.5 Å². The molecule has 1 atom stereocenters. The van der Waals surface area contributed by atoms with E-state index in [0.717, 1.165) is 11.1 Å². The molecule has 4 heteroatoms. The molecule has 1 aliphatic rings. The van der Waals surface area contributed by atoms with E-state index in [1.807, 2.05) is 43.3 Å². The van der Waals surface area contributed by atoms with Gasteiger partial charge in [0.2, 0.25) is 0 Å². The fourth-order valence-corrected chi connectivity index (χ4v) is 2.77. The summed E-state index contributed by atoms with van der Waals surface area (Å²) in [5, 5.41) is 0. The van der Waals surface area contributed by atoms with E-state index in [9.17, 15) is 9.59 Å². The summed E-state index contributed by atoms with van der Waals surface area (Å²) in [6.07, 6.45) is 2.42. The van der Waals surface area contributed by atoms with Crippen LogP contribution in [0.3, 0.4) is 0 Å². The number of cyclic esters (lactones) is 1. The highest BCUT2D eigenvalue weighted by atomic mass is 16.5. The van der Waals surface area contributed by atoms with Crippen LogP contribution < -0.4 is 5.56 Å². The van der Waals surface area contributed by atoms with Gasteiger partial charge in [0.05, 0.1) is 18.0 Å². The van der Waals surface area contributed by atoms with Gasteiger partial charge >= 0.3 is 5.97 Å². The predicted octanol–water partition coefficient (Wildman–Crippen LogP) is 2.45. The molecule has 0 radical (unpaired) electrons. The van der Waals surface area contributed by atoms with Crippen LogP contribution in [0.15, 0.2) is 47.4 Å². The Labute approximate surface area is 123 Å². The van der Waals surface area contributed by atoms with Crippen LogP contribution in [0.1, 0.15) is 36.0 Å². The molecule has 0 bridgehead atoms. The molecular weight excluding hydrogens is 266 g/mol. The Bertz CT molecular complexity index is 719. The third kappa shape index (κ3) is 2.49. The molecule has 0 N–H and O–H groups in total. The van der Waals surface area contributed by atoms with Crippen molar-refractivity contribution < 1.29 is 9.53 Å². The summed E-state index contributed by atoms with van der Waals surface area (Å²) in [7, 11) is 0. The Kier molecular flexibility index (Phi) is 3.60. The van der Waals surface area contributed by atoms with Crippen LogP contribution >= 0.6 is 0 Å². The number of rotatable bonds is 3. The molecule has 0 amide bonds. The van der Waals surface area contributed by atoms with Gasteiger partial charge in [-0.1, -0.05) is 37.3 Å². The summed E-state index contributed by atoms with van der Waals surface area (Å²) < 4.78 is 6.81. The van der Waals surface area contributed by atoms with Crippen LogP contribution in [0, 0.1) is 0 Å². The van der Waals surface area contributed by atoms with E-state index in [-0.39, 0.29) is 24.1 Å². The molecule has 1 aromatic heterocycles. The minimum Gasteiger partial charge on any atom is -0.460 e. The van der Waals surface area contributed by atoms with Crippen LogP contribution in [0.25, 0.3) is 0 Å². The average molecular weight is 283 g/mol. The molecule has 2 heterocycles. The van der Waals surface area contributed by atoms with Gasteiger partial charge in [-0.15, -0.1) is 0 Å². The van der Waals surface area contributed by atoms with Gasteiger partial charge < -0.3 is 9.30 Å². The summed E-state index contributed by atoms with van der Waals surface area (Å²) in [6.45, 7) is 2.54. The second kappa shape index (κ2) is 5.56. The number of hydrogen-bond acceptors (Lipinski definition) is 3. The van der Waals surface area contributed by atoms with E-state index in [4.69, 9.17) is 4.74 Å². The van der Waals surface area contributed by atoms with Crippen molar-refractivity contribution in [3.63, 3.8) is 0 Å². The van der Waals surface area contributed by atoms with Crippen LogP contribution in [0.4, 0.5) is 0 Å². The zero-order valence-electron chi connectivity index (χ0n) is 11.9. The molecule has 0 aliphatic carbocycles. The van der Waals surface area contributed by atoms with Crippen molar-refractivity contribution in [2.45, 2.75) is 32.4 Å². The fourth-order valence-electron chi connectivity index (χ4n) is 2.77. The van der Waals surface area contributed by atoms with Gasteiger partial charge in [-0.05, 0) is 23.6 Å². The van der Waals surface area contributed by atoms with E-state index < -0.39 is 0 Å². The highest BCUT2D eigenvalue weighted by Crippen LogP contribution is 2.27. The van der Waals surface area contributed by atoms with Crippen LogP contribution in [0.5, 0.6) is 0 Å². The monoisotopic (exact) mass is 283 g/mol. The second-order valence-electron chi connectivity index (χ2n) is 5.24. The van der Waals surface area contributed by atoms with Crippen molar-refractivity contribution in [2.24, 2.45) is 0 Å². The van der Waals surface area contributed by atoms with Gasteiger partial charge in [-0.2, -0.15) is 0 Å². The number of benzene rings is 1. The van der Waals surface area contributed by atoms with Gasteiger partial charge in [0.15, 0.2) is 0 Å². The first-order chi connectivity index (χ1) is 10.2. The van der Waals surface area contributed by atoms with E-state index in [1.165, 1.54) is 0 Å². The largest absolute Gasteiger partial charge is 0.460 e. The van der Waals surface area contributed by atoms with Crippen molar-refractivity contribution in [1.82, 2.24) is 4.57 Å². The highest BCUT2D eigenvalue weighted by Gasteiger charge is 2.29. The Balaban J connectivity index is 2.00. The zero-order valence-corrected chi connectivity index (χ0v) is 11.9. The summed E-state index contributed by atoms with van der Waals surface area (Å²) >= 11 is 0. The maximum Gasteiger partial charge on any atom is 0.313 e. The van der Waals surface area contributed by atoms with Crippen molar-refractivity contribution in [3.05, 3.63) is 69.6 Å². The second-order valence-corrected chi connectivity index (χ2v) is 5.24. The summed E-state index contributed by atoms with van der Waals surface area (Å²) in [5.74, 6) is -0.543. The van der Waals surface area contributed by atoms with Gasteiger partial charge in [-0.25, -0.2) is 0 Å². The Morgan fingerprint density at radius 2 is 1.95 bits per heavy atom. The first kappa shape index (κ1) is 13.6. The standard InChI is InChI=1S/C17H17NO3/c1-2-13-14-8-9-18(10-12-6-4-3-5-7-12)16(19)15(14)11-21-17(13)20/h3-9,13H,2,10-11H2,1H3. The van der Waals surface area contributed by atoms with Crippen LogP contribution in [-0.2, 0) is 22.7 Å². The molecule has 0 saturated heterocycles. The third-order valence-electron chi connectivity index (χ3n) is 3.92. The smallest absolute Gasteiger partial charge is 0.313 e. The van der Waals surface area contributed by atoms with Gasteiger partial charge in [-0.3, -0.25) is 9.59 Å². The molecule has 2 aromatic rings. The lowest BCUT2D eigenvalue weighted by molar-refractivity contribution is -0.148. The molecule has 0 saturated carbocycles. The number of hydrogen-bond donors (Lipinski definition) is 0. The number of nitrogens with zero attached hydrogens (tertiary/aromatic N) is 1. The van der Waals surface area contributed by atoms with Crippen molar-refractivity contribution in [1.29, 1.82) is 0 Å². The first-order valence-corrected chi connectivity index (χ1v) is 7.13. The maximum absolute atomic E-state index is 12.6. The molecule has 4 nitrogen and oxygen atoms in total. The molecule has 1 aliphatic heterocycles. The van der Waals surface area contributed by atoms with Crippen LogP contribution in [0.2, 0.25) is 0 Å². The Morgan fingerprint density at radius 3 is 2.67 bits per heavy atom. The Morgan fingerprint density at radius 1 is 1.19 bits per heavy atom. The molecule has 1 unspecified atom stereocenters. The topological polar surface area (TPSA) is 48.3 Å². The quantitative estimate of drug-likeness (QED) is 0.813. The highest BCUT2D eigenvalue weighted by molar-refractivity contribution is 5.80. The minimum absolute atomic E-state index is 0.0673. The number of ether oxygens (including phenoxy) is 1. The molecule has 0 spiro atoms.